The van der Waals surface area contributed by atoms with Crippen molar-refractivity contribution in [2.24, 2.45) is 0 Å². The second-order valence-corrected chi connectivity index (χ2v) is 5.10. The van der Waals surface area contributed by atoms with Crippen molar-refractivity contribution < 1.29 is 4.74 Å². The number of nitrogens with zero attached hydrogens (tertiary/aromatic N) is 2. The fourth-order valence-corrected chi connectivity index (χ4v) is 2.20. The Balaban J connectivity index is 2.21. The molecule has 104 valence electrons. The third-order valence-corrected chi connectivity index (χ3v) is 3.16. The largest absolute Gasteiger partial charge is 0.385 e. The van der Waals surface area contributed by atoms with E-state index in [1.807, 2.05) is 12.3 Å². The number of nitrogens with one attached hydrogen (secondary N) is 1. The number of hydrogen-bond donors (Lipinski definition) is 1. The van der Waals surface area contributed by atoms with E-state index >= 15 is 0 Å². The Morgan fingerprint density at radius 2 is 2.26 bits per heavy atom. The zero-order valence-electron chi connectivity index (χ0n) is 12.0. The monoisotopic (exact) mass is 261 g/mol. The van der Waals surface area contributed by atoms with E-state index in [0.717, 1.165) is 31.8 Å². The number of aromatic nitrogens is 2. The van der Waals surface area contributed by atoms with Gasteiger partial charge in [-0.3, -0.25) is 0 Å². The number of pyridine rings is 1. The van der Waals surface area contributed by atoms with Gasteiger partial charge in [0.05, 0.1) is 0 Å². The first-order valence-corrected chi connectivity index (χ1v) is 6.87. The summed E-state index contributed by atoms with van der Waals surface area (Å²) in [6.45, 7) is 6.94. The minimum Gasteiger partial charge on any atom is -0.385 e. The summed E-state index contributed by atoms with van der Waals surface area (Å²) in [5, 5.41) is 4.71. The fourth-order valence-electron chi connectivity index (χ4n) is 2.20. The maximum absolute atomic E-state index is 5.12. The van der Waals surface area contributed by atoms with Crippen molar-refractivity contribution >= 4 is 11.0 Å². The van der Waals surface area contributed by atoms with E-state index < -0.39 is 0 Å². The van der Waals surface area contributed by atoms with Crippen LogP contribution in [0.5, 0.6) is 0 Å². The zero-order chi connectivity index (χ0) is 13.7. The third kappa shape index (κ3) is 3.55. The van der Waals surface area contributed by atoms with Gasteiger partial charge in [-0.2, -0.15) is 0 Å². The Kier molecular flexibility index (Phi) is 4.93. The molecule has 0 amide bonds. The molecule has 2 aromatic rings. The summed E-state index contributed by atoms with van der Waals surface area (Å²) in [4.78, 5) is 4.50. The fraction of sp³-hybridized carbons (Fsp3) is 0.533. The van der Waals surface area contributed by atoms with Gasteiger partial charge >= 0.3 is 0 Å². The highest BCUT2D eigenvalue weighted by atomic mass is 16.5. The smallest absolute Gasteiger partial charge is 0.140 e. The van der Waals surface area contributed by atoms with Gasteiger partial charge in [-0.25, -0.2) is 4.98 Å². The van der Waals surface area contributed by atoms with E-state index in [9.17, 15) is 0 Å². The van der Waals surface area contributed by atoms with Crippen molar-refractivity contribution in [3.05, 3.63) is 30.1 Å². The van der Waals surface area contributed by atoms with Crippen LogP contribution >= 0.6 is 0 Å². The average Bonchev–Trinajstić information content (AvgIpc) is 2.76. The van der Waals surface area contributed by atoms with Gasteiger partial charge in [0.1, 0.15) is 5.65 Å². The molecule has 0 aliphatic rings. The van der Waals surface area contributed by atoms with Gasteiger partial charge < -0.3 is 14.6 Å². The zero-order valence-corrected chi connectivity index (χ0v) is 12.0. The van der Waals surface area contributed by atoms with Crippen LogP contribution in [-0.4, -0.2) is 29.3 Å². The molecule has 2 rings (SSSR count). The van der Waals surface area contributed by atoms with Crippen LogP contribution in [0.15, 0.2) is 24.5 Å². The number of aryl methyl sites for hydroxylation is 1. The van der Waals surface area contributed by atoms with Crippen LogP contribution in [0.3, 0.4) is 0 Å². The lowest BCUT2D eigenvalue weighted by Gasteiger charge is -2.06. The van der Waals surface area contributed by atoms with Crippen LogP contribution in [0.1, 0.15) is 25.8 Å². The first-order chi connectivity index (χ1) is 9.22. The van der Waals surface area contributed by atoms with E-state index in [4.69, 9.17) is 4.74 Å². The Morgan fingerprint density at radius 3 is 3.00 bits per heavy atom. The van der Waals surface area contributed by atoms with Crippen LogP contribution < -0.4 is 5.32 Å². The molecule has 4 nitrogen and oxygen atoms in total. The molecule has 0 aliphatic carbocycles. The van der Waals surface area contributed by atoms with Crippen molar-refractivity contribution in [3.63, 3.8) is 0 Å². The minimum absolute atomic E-state index is 0.489. The first kappa shape index (κ1) is 14.0. The van der Waals surface area contributed by atoms with Crippen molar-refractivity contribution in [2.75, 3.05) is 13.7 Å². The van der Waals surface area contributed by atoms with Crippen LogP contribution in [0.2, 0.25) is 0 Å². The molecule has 0 radical (unpaired) electrons. The van der Waals surface area contributed by atoms with E-state index in [1.165, 1.54) is 10.9 Å². The van der Waals surface area contributed by atoms with Crippen LogP contribution in [0.4, 0.5) is 0 Å². The molecular weight excluding hydrogens is 238 g/mol. The van der Waals surface area contributed by atoms with Crippen molar-refractivity contribution in [1.29, 1.82) is 0 Å². The topological polar surface area (TPSA) is 39.1 Å². The average molecular weight is 261 g/mol. The van der Waals surface area contributed by atoms with Gasteiger partial charge in [0, 0.05) is 50.6 Å². The summed E-state index contributed by atoms with van der Waals surface area (Å²) in [6, 6.07) is 4.64. The lowest BCUT2D eigenvalue weighted by Crippen LogP contribution is -2.21. The quantitative estimate of drug-likeness (QED) is 0.779. The summed E-state index contributed by atoms with van der Waals surface area (Å²) in [6.07, 6.45) is 5.07. The van der Waals surface area contributed by atoms with E-state index in [1.54, 1.807) is 7.11 Å². The molecule has 0 spiro atoms. The van der Waals surface area contributed by atoms with Crippen LogP contribution in [0.25, 0.3) is 11.0 Å². The van der Waals surface area contributed by atoms with Gasteiger partial charge in [0.25, 0.3) is 0 Å². The molecule has 2 heterocycles. The Morgan fingerprint density at radius 1 is 1.42 bits per heavy atom. The Bertz CT molecular complexity index is 519. The molecule has 0 saturated heterocycles. The Hall–Kier alpha value is -1.39. The molecule has 19 heavy (non-hydrogen) atoms. The highest BCUT2D eigenvalue weighted by Crippen LogP contribution is 2.19. The molecule has 1 N–H and O–H groups in total. The van der Waals surface area contributed by atoms with Crippen molar-refractivity contribution in [2.45, 2.75) is 39.4 Å². The van der Waals surface area contributed by atoms with E-state index in [-0.39, 0.29) is 0 Å². The summed E-state index contributed by atoms with van der Waals surface area (Å²) in [7, 11) is 1.74. The lowest BCUT2D eigenvalue weighted by atomic mass is 10.2. The van der Waals surface area contributed by atoms with E-state index in [0.29, 0.717) is 6.04 Å². The normalized spacial score (nSPS) is 11.6. The molecule has 0 unspecified atom stereocenters. The SMILES string of the molecule is COCCCn1cc(CNC(C)C)c2cccnc21. The van der Waals surface area contributed by atoms with E-state index in [2.05, 4.69) is 41.0 Å². The number of hydrogen-bond acceptors (Lipinski definition) is 3. The maximum atomic E-state index is 5.12. The van der Waals surface area contributed by atoms with Gasteiger partial charge in [0.15, 0.2) is 0 Å². The van der Waals surface area contributed by atoms with Crippen LogP contribution in [-0.2, 0) is 17.8 Å². The maximum Gasteiger partial charge on any atom is 0.140 e. The summed E-state index contributed by atoms with van der Waals surface area (Å²) >= 11 is 0. The molecule has 0 fully saturated rings. The highest BCUT2D eigenvalue weighted by molar-refractivity contribution is 5.80. The summed E-state index contributed by atoms with van der Waals surface area (Å²) in [5.41, 5.74) is 2.38. The van der Waals surface area contributed by atoms with Gasteiger partial charge in [-0.15, -0.1) is 0 Å². The predicted molar refractivity (Wildman–Crippen MR) is 78.2 cm³/mol. The van der Waals surface area contributed by atoms with Gasteiger partial charge in [-0.05, 0) is 24.1 Å². The lowest BCUT2D eigenvalue weighted by molar-refractivity contribution is 0.190. The molecule has 2 aromatic heterocycles. The minimum atomic E-state index is 0.489. The van der Waals surface area contributed by atoms with Crippen molar-refractivity contribution in [3.8, 4) is 0 Å². The molecule has 0 atom stereocenters. The van der Waals surface area contributed by atoms with Gasteiger partial charge in [0.2, 0.25) is 0 Å². The summed E-state index contributed by atoms with van der Waals surface area (Å²) < 4.78 is 7.34. The molecule has 4 heteroatoms. The highest BCUT2D eigenvalue weighted by Gasteiger charge is 2.09. The standard InChI is InChI=1S/C15H23N3O/c1-12(2)17-10-13-11-18(8-5-9-19-3)15-14(13)6-4-7-16-15/h4,6-7,11-12,17H,5,8-10H2,1-3H3. The van der Waals surface area contributed by atoms with Gasteiger partial charge in [-0.1, -0.05) is 13.8 Å². The molecule has 0 saturated carbocycles. The Labute approximate surface area is 114 Å². The second kappa shape index (κ2) is 6.68. The first-order valence-electron chi connectivity index (χ1n) is 6.87. The molecule has 0 bridgehead atoms. The molecule has 0 aromatic carbocycles. The van der Waals surface area contributed by atoms with Crippen LogP contribution in [0, 0.1) is 0 Å². The number of rotatable bonds is 7. The molecular formula is C15H23N3O. The molecule has 0 aliphatic heterocycles. The predicted octanol–water partition coefficient (Wildman–Crippen LogP) is 2.57. The summed E-state index contributed by atoms with van der Waals surface area (Å²) in [5.74, 6) is 0. The second-order valence-electron chi connectivity index (χ2n) is 5.10. The number of methoxy groups -OCH3 is 1. The number of ether oxygens (including phenoxy) is 1. The number of fused-ring (bicyclic) bond motifs is 1. The third-order valence-electron chi connectivity index (χ3n) is 3.16. The van der Waals surface area contributed by atoms with Crippen molar-refractivity contribution in [1.82, 2.24) is 14.9 Å².